The van der Waals surface area contributed by atoms with Gasteiger partial charge in [0.25, 0.3) is 0 Å². The molecule has 2 aliphatic heterocycles. The van der Waals surface area contributed by atoms with Crippen molar-refractivity contribution in [1.82, 2.24) is 0 Å². The van der Waals surface area contributed by atoms with Gasteiger partial charge in [0, 0.05) is 24.3 Å². The molecule has 19 nitrogen and oxygen atoms in total. The van der Waals surface area contributed by atoms with Gasteiger partial charge < -0.3 is 85.0 Å². The third-order valence-corrected chi connectivity index (χ3v) is 8.84. The van der Waals surface area contributed by atoms with Gasteiger partial charge >= 0.3 is 17.3 Å². The van der Waals surface area contributed by atoms with E-state index in [4.69, 9.17) is 28.1 Å². The topological polar surface area (TPSA) is 317 Å². The number of aliphatic hydroxyl groups excluding tert-OH is 7. The molecule has 2 saturated heterocycles. The lowest BCUT2D eigenvalue weighted by atomic mass is 9.99. The molecule has 19 heteroatoms. The second-order valence-corrected chi connectivity index (χ2v) is 12.7. The summed E-state index contributed by atoms with van der Waals surface area (Å²) in [6.45, 7) is -1.40. The number of benzene rings is 3. The average molecular weight is 774 g/mol. The first kappa shape index (κ1) is 39.2. The summed E-state index contributed by atoms with van der Waals surface area (Å²) >= 11 is 0. The maximum absolute atomic E-state index is 12.4. The molecule has 0 spiro atoms. The van der Waals surface area contributed by atoms with Crippen molar-refractivity contribution in [3.8, 4) is 51.6 Å². The fourth-order valence-electron chi connectivity index (χ4n) is 5.81. The molecule has 12 N–H and O–H groups in total. The molecule has 0 amide bonds. The lowest BCUT2D eigenvalue weighted by Crippen LogP contribution is -2.60. The lowest BCUT2D eigenvalue weighted by Gasteiger charge is -2.39. The monoisotopic (exact) mass is 773 g/mol. The molecular weight excluding hydrogens is 736 g/mol. The van der Waals surface area contributed by atoms with Crippen LogP contribution in [0.25, 0.3) is 28.4 Å². The van der Waals surface area contributed by atoms with Crippen LogP contribution in [-0.4, -0.2) is 142 Å². The summed E-state index contributed by atoms with van der Waals surface area (Å²) in [5.74, 6) is -3.92. The number of hydrogen-bond donors (Lipinski definition) is 12. The molecular formula is C36H37O19+. The molecule has 294 valence electrons. The quantitative estimate of drug-likeness (QED) is 0.0419. The molecule has 2 fully saturated rings. The molecule has 2 aliphatic rings. The van der Waals surface area contributed by atoms with Crippen LogP contribution in [0.3, 0.4) is 0 Å². The van der Waals surface area contributed by atoms with Gasteiger partial charge in [-0.2, -0.15) is 0 Å². The number of aliphatic hydroxyl groups is 7. The van der Waals surface area contributed by atoms with Gasteiger partial charge in [0.05, 0.1) is 18.2 Å². The highest BCUT2D eigenvalue weighted by atomic mass is 16.7. The minimum Gasteiger partial charge on any atom is -0.507 e. The minimum absolute atomic E-state index is 0.00421. The first-order valence-electron chi connectivity index (χ1n) is 16.5. The predicted octanol–water partition coefficient (Wildman–Crippen LogP) is -0.469. The molecule has 10 atom stereocenters. The third kappa shape index (κ3) is 8.29. The maximum Gasteiger partial charge on any atom is 0.402 e. The second-order valence-electron chi connectivity index (χ2n) is 12.7. The van der Waals surface area contributed by atoms with E-state index >= 15 is 0 Å². The number of esters is 1. The van der Waals surface area contributed by atoms with E-state index in [-0.39, 0.29) is 39.5 Å². The summed E-state index contributed by atoms with van der Waals surface area (Å²) in [5.41, 5.74) is 0.304. The molecule has 0 aliphatic carbocycles. The number of aromatic hydroxyl groups is 5. The summed E-state index contributed by atoms with van der Waals surface area (Å²) in [4.78, 5) is 12.4. The summed E-state index contributed by atoms with van der Waals surface area (Å²) in [5, 5.41) is 123. The summed E-state index contributed by atoms with van der Waals surface area (Å²) < 4.78 is 33.8. The first-order chi connectivity index (χ1) is 26.1. The van der Waals surface area contributed by atoms with Crippen molar-refractivity contribution in [2.75, 3.05) is 13.2 Å². The molecule has 1 aromatic heterocycles. The van der Waals surface area contributed by atoms with Crippen LogP contribution in [0.1, 0.15) is 5.56 Å². The summed E-state index contributed by atoms with van der Waals surface area (Å²) in [7, 11) is 0. The molecule has 6 rings (SSSR count). The number of carbonyl (C=O) groups is 1. The molecule has 0 bridgehead atoms. The van der Waals surface area contributed by atoms with Crippen molar-refractivity contribution in [3.63, 3.8) is 0 Å². The zero-order valence-electron chi connectivity index (χ0n) is 28.3. The van der Waals surface area contributed by atoms with Gasteiger partial charge in [-0.15, -0.1) is 0 Å². The van der Waals surface area contributed by atoms with Gasteiger partial charge in [-0.3, -0.25) is 0 Å². The molecule has 0 saturated carbocycles. The van der Waals surface area contributed by atoms with Gasteiger partial charge in [-0.25, -0.2) is 9.21 Å². The van der Waals surface area contributed by atoms with E-state index < -0.39 is 104 Å². The molecule has 3 aromatic carbocycles. The zero-order valence-corrected chi connectivity index (χ0v) is 28.3. The number of rotatable bonds is 10. The highest BCUT2D eigenvalue weighted by Crippen LogP contribution is 2.43. The van der Waals surface area contributed by atoms with Gasteiger partial charge in [-0.1, -0.05) is 6.07 Å². The molecule has 55 heavy (non-hydrogen) atoms. The Labute approximate surface area is 309 Å². The summed E-state index contributed by atoms with van der Waals surface area (Å²) in [6, 6.07) is 10.8. The van der Waals surface area contributed by atoms with Crippen LogP contribution < -0.4 is 9.47 Å². The Bertz CT molecular complexity index is 2050. The van der Waals surface area contributed by atoms with E-state index in [9.17, 15) is 66.1 Å². The van der Waals surface area contributed by atoms with E-state index in [0.29, 0.717) is 5.56 Å². The number of hydrogen-bond acceptors (Lipinski definition) is 18. The Morgan fingerprint density at radius 2 is 1.31 bits per heavy atom. The number of fused-ring (bicyclic) bond motifs is 1. The highest BCUT2D eigenvalue weighted by Gasteiger charge is 2.47. The fraction of sp³-hybridized carbons (Fsp3) is 0.333. The van der Waals surface area contributed by atoms with Gasteiger partial charge in [0.1, 0.15) is 72.3 Å². The Hall–Kier alpha value is -5.48. The van der Waals surface area contributed by atoms with Crippen LogP contribution in [0.15, 0.2) is 65.1 Å². The second kappa shape index (κ2) is 16.1. The van der Waals surface area contributed by atoms with E-state index in [2.05, 4.69) is 0 Å². The molecule has 0 radical (unpaired) electrons. The number of phenols is 5. The minimum atomic E-state index is -1.91. The maximum atomic E-state index is 12.4. The van der Waals surface area contributed by atoms with Crippen LogP contribution in [0, 0.1) is 0 Å². The Morgan fingerprint density at radius 1 is 0.673 bits per heavy atom. The van der Waals surface area contributed by atoms with Crippen molar-refractivity contribution >= 4 is 23.0 Å². The van der Waals surface area contributed by atoms with Crippen LogP contribution in [-0.2, 0) is 19.0 Å². The predicted molar refractivity (Wildman–Crippen MR) is 183 cm³/mol. The van der Waals surface area contributed by atoms with E-state index in [1.807, 2.05) is 0 Å². The van der Waals surface area contributed by atoms with Crippen LogP contribution in [0.5, 0.6) is 40.2 Å². The van der Waals surface area contributed by atoms with E-state index in [1.54, 1.807) is 0 Å². The first-order valence-corrected chi connectivity index (χ1v) is 16.5. The van der Waals surface area contributed by atoms with Crippen LogP contribution >= 0.6 is 0 Å². The smallest absolute Gasteiger partial charge is 0.402 e. The van der Waals surface area contributed by atoms with E-state index in [0.717, 1.165) is 30.3 Å². The Kier molecular flexibility index (Phi) is 11.5. The van der Waals surface area contributed by atoms with Gasteiger partial charge in [-0.05, 0) is 35.9 Å². The van der Waals surface area contributed by atoms with Crippen molar-refractivity contribution in [3.05, 3.63) is 66.2 Å². The number of ether oxygens (including phenoxy) is 5. The van der Waals surface area contributed by atoms with Crippen LogP contribution in [0.4, 0.5) is 0 Å². The van der Waals surface area contributed by atoms with Crippen molar-refractivity contribution < 1.29 is 94.2 Å². The van der Waals surface area contributed by atoms with Crippen molar-refractivity contribution in [1.29, 1.82) is 0 Å². The highest BCUT2D eigenvalue weighted by molar-refractivity contribution is 5.89. The van der Waals surface area contributed by atoms with Crippen LogP contribution in [0.2, 0.25) is 0 Å². The summed E-state index contributed by atoms with van der Waals surface area (Å²) in [6.07, 6.45) is -15.0. The standard InChI is InChI=1S/C36H36O19/c37-12-25-28(44)30(46)32(48)36(54-25)53-24-11-17-20(41)9-16(38)10-22(17)51-34(24)15-3-5-19(40)23(8-15)52-35-33(49)31(47)29(45)26(55-35)13-50-27(43)6-2-14-1-4-18(39)21(42)7-14/h1-11,25-26,28-33,35-37,44-49H,12-13H2,(H4-,38,39,40,41,42,43)/p+1/t25?,26-,28+,29+,30?,31?,32?,33?,35+,36+/m0/s1. The number of phenolic OH excluding ortho intramolecular Hbond substituents is 5. The van der Waals surface area contributed by atoms with Gasteiger partial charge in [0.15, 0.2) is 23.0 Å². The third-order valence-electron chi connectivity index (χ3n) is 8.84. The van der Waals surface area contributed by atoms with Gasteiger partial charge in [0.2, 0.25) is 18.3 Å². The average Bonchev–Trinajstić information content (AvgIpc) is 3.15. The Balaban J connectivity index is 1.25. The van der Waals surface area contributed by atoms with Crippen molar-refractivity contribution in [2.45, 2.75) is 61.4 Å². The fourth-order valence-corrected chi connectivity index (χ4v) is 5.81. The largest absolute Gasteiger partial charge is 0.507 e. The van der Waals surface area contributed by atoms with Crippen molar-refractivity contribution in [2.24, 2.45) is 0 Å². The molecule has 3 heterocycles. The lowest BCUT2D eigenvalue weighted by molar-refractivity contribution is -0.278. The zero-order chi connectivity index (χ0) is 39.7. The molecule has 5 unspecified atom stereocenters. The molecule has 4 aromatic rings. The SMILES string of the molecule is O=C(/C=C/c1ccc(O)c(O)c1)OC[C@@H]1O[C@@H](Oc2cc(-c3[o+]c4cc(O)cc(O)c4cc3O[C@@H]3OC(CO)[C@@H](O)C(O)C3O)ccc2O)C(O)C(O)[C@@H]1O. The number of carbonyl (C=O) groups excluding carboxylic acids is 1. The Morgan fingerprint density at radius 3 is 1.98 bits per heavy atom. The van der Waals surface area contributed by atoms with E-state index in [1.165, 1.54) is 36.4 Å². The normalized spacial score (nSPS) is 28.3.